The van der Waals surface area contributed by atoms with Crippen molar-refractivity contribution in [1.29, 1.82) is 0 Å². The first kappa shape index (κ1) is 46.5. The highest BCUT2D eigenvalue weighted by Gasteiger charge is 2.51. The molecule has 324 valence electrons. The highest BCUT2D eigenvalue weighted by atomic mass is 16.7. The normalized spacial score (nSPS) is 33.3. The van der Waals surface area contributed by atoms with Crippen molar-refractivity contribution in [2.45, 2.75) is 123 Å². The van der Waals surface area contributed by atoms with E-state index in [2.05, 4.69) is 4.98 Å². The molecule has 2 aliphatic heterocycles. The number of aromatic nitrogens is 1. The molecule has 3 aromatic rings. The number of carbonyl (C=O) groups excluding carboxylic acids is 4. The van der Waals surface area contributed by atoms with E-state index >= 15 is 0 Å². The summed E-state index contributed by atoms with van der Waals surface area (Å²) < 4.78 is 32.3. The van der Waals surface area contributed by atoms with Gasteiger partial charge in [-0.3, -0.25) is 19.4 Å². The van der Waals surface area contributed by atoms with Gasteiger partial charge in [-0.1, -0.05) is 69.3 Å². The zero-order valence-electron chi connectivity index (χ0n) is 36.6. The summed E-state index contributed by atoms with van der Waals surface area (Å²) in [6.45, 7) is 13.5. The van der Waals surface area contributed by atoms with E-state index in [4.69, 9.17) is 23.7 Å². The van der Waals surface area contributed by atoms with Crippen LogP contribution in [0.2, 0.25) is 0 Å². The maximum absolute atomic E-state index is 14.6. The van der Waals surface area contributed by atoms with Crippen LogP contribution in [0.3, 0.4) is 0 Å². The van der Waals surface area contributed by atoms with Gasteiger partial charge in [0.2, 0.25) is 0 Å². The summed E-state index contributed by atoms with van der Waals surface area (Å²) in [6.07, 6.45) is 3.05. The first-order valence-electron chi connectivity index (χ1n) is 20.9. The van der Waals surface area contributed by atoms with Gasteiger partial charge in [0.25, 0.3) is 0 Å². The molecule has 1 N–H and O–H groups in total. The number of rotatable bonds is 10. The SMILES string of the molecule is CC[C@H]1OC(=O)[C@H](C)C(=O)[C@H](C)[C@@H](O[C@@H]2O[C@H](C)C[C@H](N(C)C)[C@H]2OC(=O)c2ccccc2)[C@](C)(OC/C=C/c2cnc3ccccc3c2)C[C@@H](C)C(=O)/C(C)=C/[C@]1(C)O. The summed E-state index contributed by atoms with van der Waals surface area (Å²) in [5, 5.41) is 12.5. The lowest BCUT2D eigenvalue weighted by Gasteiger charge is -2.47. The zero-order chi connectivity index (χ0) is 43.9. The van der Waals surface area contributed by atoms with E-state index in [0.717, 1.165) is 16.5 Å². The number of hydrogen-bond acceptors (Lipinski definition) is 12. The topological polar surface area (TPSA) is 151 Å². The van der Waals surface area contributed by atoms with Crippen LogP contribution in [0.25, 0.3) is 17.0 Å². The highest BCUT2D eigenvalue weighted by Crippen LogP contribution is 2.38. The molecule has 0 aliphatic carbocycles. The molecule has 5 rings (SSSR count). The Hall–Kier alpha value is -4.59. The minimum absolute atomic E-state index is 0.0407. The third-order valence-electron chi connectivity index (χ3n) is 11.8. The number of pyridine rings is 1. The molecule has 0 saturated carbocycles. The molecule has 0 amide bonds. The van der Waals surface area contributed by atoms with Crippen LogP contribution < -0.4 is 0 Å². The summed E-state index contributed by atoms with van der Waals surface area (Å²) in [4.78, 5) is 62.7. The number of aliphatic hydroxyl groups is 1. The van der Waals surface area contributed by atoms with Gasteiger partial charge in [-0.05, 0) is 109 Å². The monoisotopic (exact) mass is 826 g/mol. The Morgan fingerprint density at radius 1 is 1.02 bits per heavy atom. The predicted molar refractivity (Wildman–Crippen MR) is 229 cm³/mol. The number of benzene rings is 2. The molecule has 60 heavy (non-hydrogen) atoms. The van der Waals surface area contributed by atoms with Crippen molar-refractivity contribution in [2.75, 3.05) is 20.7 Å². The third kappa shape index (κ3) is 11.0. The lowest BCUT2D eigenvalue weighted by atomic mass is 9.77. The lowest BCUT2D eigenvalue weighted by Crippen LogP contribution is -2.60. The fourth-order valence-corrected chi connectivity index (χ4v) is 8.54. The molecule has 0 bridgehead atoms. The number of carbonyl (C=O) groups is 4. The van der Waals surface area contributed by atoms with Crippen molar-refractivity contribution >= 4 is 40.5 Å². The first-order chi connectivity index (χ1) is 28.3. The van der Waals surface area contributed by atoms with E-state index in [-0.39, 0.29) is 43.0 Å². The van der Waals surface area contributed by atoms with Gasteiger partial charge in [0.1, 0.15) is 17.6 Å². The summed E-state index contributed by atoms with van der Waals surface area (Å²) in [5.41, 5.74) is -0.742. The number of cyclic esters (lactones) is 1. The average Bonchev–Trinajstić information content (AvgIpc) is 3.22. The number of esters is 2. The number of Topliss-reactive ketones (excluding diaryl/α,β-unsaturated/α-hetero) is 2. The van der Waals surface area contributed by atoms with E-state index in [1.54, 1.807) is 65.1 Å². The number of nitrogens with zero attached hydrogens (tertiary/aromatic N) is 2. The maximum atomic E-state index is 14.6. The van der Waals surface area contributed by atoms with Crippen molar-refractivity contribution in [3.63, 3.8) is 0 Å². The molecule has 0 unspecified atom stereocenters. The Morgan fingerprint density at radius 2 is 1.70 bits per heavy atom. The third-order valence-corrected chi connectivity index (χ3v) is 11.8. The van der Waals surface area contributed by atoms with Gasteiger partial charge < -0.3 is 33.7 Å². The minimum Gasteiger partial charge on any atom is -0.458 e. The molecule has 12 heteroatoms. The molecule has 12 nitrogen and oxygen atoms in total. The Balaban J connectivity index is 1.60. The number of hydrogen-bond donors (Lipinski definition) is 1. The summed E-state index contributed by atoms with van der Waals surface area (Å²) >= 11 is 0. The highest BCUT2D eigenvalue weighted by molar-refractivity contribution is 6.00. The van der Waals surface area contributed by atoms with Crippen molar-refractivity contribution in [2.24, 2.45) is 17.8 Å². The molecular formula is C48H62N2O10. The number of allylic oxidation sites excluding steroid dienone is 1. The molecule has 2 aliphatic rings. The minimum atomic E-state index is -1.69. The van der Waals surface area contributed by atoms with Crippen LogP contribution in [0.1, 0.15) is 90.6 Å². The van der Waals surface area contributed by atoms with Crippen LogP contribution in [0, 0.1) is 17.8 Å². The van der Waals surface area contributed by atoms with Crippen molar-refractivity contribution in [3.8, 4) is 0 Å². The van der Waals surface area contributed by atoms with E-state index < -0.39 is 71.3 Å². The van der Waals surface area contributed by atoms with Gasteiger partial charge in [0.05, 0.1) is 41.5 Å². The van der Waals surface area contributed by atoms with Crippen molar-refractivity contribution in [1.82, 2.24) is 9.88 Å². The molecule has 0 radical (unpaired) electrons. The van der Waals surface area contributed by atoms with Gasteiger partial charge in [-0.15, -0.1) is 0 Å². The second kappa shape index (κ2) is 19.9. The van der Waals surface area contributed by atoms with Gasteiger partial charge in [0.15, 0.2) is 24.0 Å². The lowest BCUT2D eigenvalue weighted by molar-refractivity contribution is -0.296. The molecule has 2 aromatic carbocycles. The van der Waals surface area contributed by atoms with Crippen LogP contribution >= 0.6 is 0 Å². The molecule has 3 heterocycles. The van der Waals surface area contributed by atoms with Gasteiger partial charge in [0, 0.05) is 23.4 Å². The molecule has 11 atom stereocenters. The zero-order valence-corrected chi connectivity index (χ0v) is 36.6. The first-order valence-corrected chi connectivity index (χ1v) is 20.9. The molecule has 1 aromatic heterocycles. The van der Waals surface area contributed by atoms with Gasteiger partial charge in [-0.25, -0.2) is 4.79 Å². The molecule has 1 fully saturated rings. The quantitative estimate of drug-likeness (QED) is 0.163. The Bertz CT molecular complexity index is 2050. The van der Waals surface area contributed by atoms with Crippen LogP contribution in [0.15, 0.2) is 84.6 Å². The van der Waals surface area contributed by atoms with E-state index in [0.29, 0.717) is 12.0 Å². The van der Waals surface area contributed by atoms with Crippen LogP contribution in [-0.4, -0.2) is 107 Å². The predicted octanol–water partition coefficient (Wildman–Crippen LogP) is 7.17. The fraction of sp³-hybridized carbons (Fsp3) is 0.521. The van der Waals surface area contributed by atoms with Crippen LogP contribution in [-0.2, 0) is 38.1 Å². The largest absolute Gasteiger partial charge is 0.458 e. The maximum Gasteiger partial charge on any atom is 0.338 e. The Kier molecular flexibility index (Phi) is 15.4. The number of para-hydroxylation sites is 1. The Labute approximate surface area is 354 Å². The van der Waals surface area contributed by atoms with E-state index in [1.807, 2.05) is 74.5 Å². The van der Waals surface area contributed by atoms with E-state index in [1.165, 1.54) is 19.9 Å². The number of likely N-dealkylation sites (N-methyl/N-ethyl adjacent to an activating group) is 1. The summed E-state index contributed by atoms with van der Waals surface area (Å²) in [6, 6.07) is 18.1. The second-order valence-corrected chi connectivity index (χ2v) is 17.1. The second-order valence-electron chi connectivity index (χ2n) is 17.1. The Morgan fingerprint density at radius 3 is 2.38 bits per heavy atom. The number of ketones is 2. The van der Waals surface area contributed by atoms with Gasteiger partial charge in [-0.2, -0.15) is 0 Å². The fourth-order valence-electron chi connectivity index (χ4n) is 8.54. The number of ether oxygens (including phenoxy) is 5. The molecule has 1 saturated heterocycles. The standard InChI is InChI=1S/C48H62N2O10/c1-11-39-47(7,55)26-29(2)40(51)30(3)27-48(8,56-23-17-18-34-25-36-21-15-16-22-37(36)49-28-34)43(32(5)41(52)33(6)44(53)58-39)60-46-42(38(50(9)10)24-31(4)57-46)59-45(54)35-19-13-12-14-20-35/h12-22,25-26,28,30-33,38-39,42-43,46,55H,11,23-24,27H2,1-10H3/b18-17+,29-26+/t30-,31-,32+,33-,38+,39-,42-,43-,46+,47+,48-/m1/s1. The summed E-state index contributed by atoms with van der Waals surface area (Å²) in [5.74, 6) is -5.16. The summed E-state index contributed by atoms with van der Waals surface area (Å²) in [7, 11) is 3.78. The van der Waals surface area contributed by atoms with E-state index in [9.17, 15) is 24.3 Å². The number of fused-ring (bicyclic) bond motifs is 1. The van der Waals surface area contributed by atoms with Crippen LogP contribution in [0.4, 0.5) is 0 Å². The van der Waals surface area contributed by atoms with Crippen LogP contribution in [0.5, 0.6) is 0 Å². The molecular weight excluding hydrogens is 765 g/mol. The average molecular weight is 827 g/mol. The molecule has 0 spiro atoms. The van der Waals surface area contributed by atoms with Crippen molar-refractivity contribution in [3.05, 3.63) is 95.7 Å². The smallest absolute Gasteiger partial charge is 0.338 e. The van der Waals surface area contributed by atoms with Crippen molar-refractivity contribution < 1.29 is 48.0 Å². The van der Waals surface area contributed by atoms with Gasteiger partial charge >= 0.3 is 11.9 Å².